The molecule has 0 atom stereocenters. The average molecular weight is 606 g/mol. The zero-order valence-corrected chi connectivity index (χ0v) is 16.4. The fourth-order valence-corrected chi connectivity index (χ4v) is 3.28. The van der Waals surface area contributed by atoms with Gasteiger partial charge < -0.3 is 0 Å². The molecule has 7 heteroatoms. The molecule has 0 saturated carbocycles. The summed E-state index contributed by atoms with van der Waals surface area (Å²) in [5.41, 5.74) is 1.52. The molecule has 2 aromatic rings. The van der Waals surface area contributed by atoms with E-state index in [4.69, 9.17) is 5.26 Å². The Labute approximate surface area is 137 Å². The summed E-state index contributed by atoms with van der Waals surface area (Å²) in [5.74, 6) is 0. The summed E-state index contributed by atoms with van der Waals surface area (Å²) >= 11 is 2.31. The number of hydrogen-bond donors (Lipinski definition) is 2. The van der Waals surface area contributed by atoms with E-state index >= 15 is 0 Å². The number of aromatic nitrogens is 2. The average Bonchev–Trinajstić information content (AvgIpc) is 2.81. The number of nitriles is 1. The van der Waals surface area contributed by atoms with Crippen molar-refractivity contribution in [1.29, 1.82) is 5.26 Å². The number of para-hydroxylation sites is 1. The first-order valence-electron chi connectivity index (χ1n) is 5.66. The van der Waals surface area contributed by atoms with Crippen molar-refractivity contribution in [2.24, 2.45) is 0 Å². The molecule has 0 radical (unpaired) electrons. The van der Waals surface area contributed by atoms with Crippen molar-refractivity contribution < 1.29 is 38.7 Å². The number of nitrogens with one attached hydrogen (secondary N) is 2. The van der Waals surface area contributed by atoms with E-state index in [2.05, 4.69) is 16.5 Å². The molecule has 0 aliphatic carbocycles. The molecular weight excluding hydrogens is 596 g/mol. The van der Waals surface area contributed by atoms with Crippen LogP contribution >= 0.6 is 0 Å². The minimum absolute atomic E-state index is 0.106. The Hall–Kier alpha value is -1.36. The van der Waals surface area contributed by atoms with Crippen LogP contribution in [0.5, 0.6) is 0 Å². The van der Waals surface area contributed by atoms with Crippen LogP contribution in [-0.2, 0) is 38.7 Å². The summed E-state index contributed by atoms with van der Waals surface area (Å²) in [7, 11) is 1.78. The van der Waals surface area contributed by atoms with Crippen LogP contribution in [0, 0.1) is 11.3 Å². The molecule has 0 saturated heterocycles. The minimum atomic E-state index is -0.106. The third kappa shape index (κ3) is 2.87. The van der Waals surface area contributed by atoms with Gasteiger partial charge in [0, 0.05) is 0 Å². The van der Waals surface area contributed by atoms with Crippen molar-refractivity contribution in [2.75, 3.05) is 7.05 Å². The van der Waals surface area contributed by atoms with Crippen LogP contribution in [0.15, 0.2) is 40.8 Å². The number of benzene rings is 1. The number of H-pyrrole nitrogens is 1. The molecule has 5 nitrogen and oxygen atoms in total. The van der Waals surface area contributed by atoms with Gasteiger partial charge in [-0.2, -0.15) is 0 Å². The van der Waals surface area contributed by atoms with Crippen LogP contribution in [0.3, 0.4) is 0 Å². The molecule has 0 amide bonds. The van der Waals surface area contributed by atoms with Crippen molar-refractivity contribution >= 4 is 18.8 Å². The summed E-state index contributed by atoms with van der Waals surface area (Å²) in [6.45, 7) is 0. The molecule has 1 heterocycles. The number of rotatable bonds is 4. The molecule has 2 rings (SSSR count). The predicted octanol–water partition coefficient (Wildman–Crippen LogP) is 0.200. The van der Waals surface area contributed by atoms with Crippen molar-refractivity contribution in [3.05, 3.63) is 46.4 Å². The summed E-state index contributed by atoms with van der Waals surface area (Å²) in [6.07, 6.45) is 1.89. The Kier molecular flexibility index (Phi) is 4.80. The summed E-state index contributed by atoms with van der Waals surface area (Å²) in [5, 5.41) is 15.5. The molecule has 100 valence electrons. The predicted molar refractivity (Wildman–Crippen MR) is 70.7 cm³/mol. The molecule has 0 bridgehead atoms. The van der Waals surface area contributed by atoms with Crippen LogP contribution in [-0.4, -0.2) is 24.7 Å². The van der Waals surface area contributed by atoms with Crippen LogP contribution in [0.25, 0.3) is 10.9 Å². The molecule has 0 aliphatic heterocycles. The van der Waals surface area contributed by atoms with Gasteiger partial charge in [0.2, 0.25) is 0 Å². The third-order valence-electron chi connectivity index (χ3n) is 2.71. The van der Waals surface area contributed by atoms with Gasteiger partial charge in [0.1, 0.15) is 0 Å². The van der Waals surface area contributed by atoms with E-state index in [0.29, 0.717) is 9.28 Å². The normalized spacial score (nSPS) is 11.1. The van der Waals surface area contributed by atoms with Crippen LogP contribution in [0.4, 0.5) is 0 Å². The Bertz CT molecular complexity index is 823. The standard InChI is InChI=1S/C13H10N4O.2W/c1-15-10(6-8-14)7-9-17-12-5-3-2-4-11(12)13(18)16-17;;/h2-5,7,15H,1H3,(H,16,18);;/b10-7+;;. The Balaban J connectivity index is 2.53. The van der Waals surface area contributed by atoms with Gasteiger partial charge in [-0.1, -0.05) is 0 Å². The summed E-state index contributed by atoms with van der Waals surface area (Å²) in [6, 6.07) is 9.59. The van der Waals surface area contributed by atoms with E-state index in [1.54, 1.807) is 17.8 Å². The molecule has 1 aromatic carbocycles. The van der Waals surface area contributed by atoms with E-state index in [0.717, 1.165) is 34.6 Å². The third-order valence-corrected chi connectivity index (χ3v) is 4.90. The molecule has 0 spiro atoms. The molecule has 20 heavy (non-hydrogen) atoms. The Morgan fingerprint density at radius 2 is 2.15 bits per heavy atom. The fourth-order valence-electron chi connectivity index (χ4n) is 1.76. The first kappa shape index (κ1) is 15.0. The Morgan fingerprint density at radius 1 is 1.45 bits per heavy atom. The van der Waals surface area contributed by atoms with Gasteiger partial charge in [-0.15, -0.1) is 0 Å². The van der Waals surface area contributed by atoms with E-state index in [1.165, 1.54) is 19.4 Å². The second kappa shape index (κ2) is 6.39. The molecule has 0 unspecified atom stereocenters. The first-order chi connectivity index (χ1) is 9.58. The number of fused-ring (bicyclic) bond motifs is 1. The number of allylic oxidation sites excluding steroid dienone is 2. The SMILES string of the molecule is CN/C(=C/[C](=[W])n1[nH]c(=O)c2ccccc21)[C](=[W])C#N. The maximum absolute atomic E-state index is 11.9. The molecule has 2 N–H and O–H groups in total. The van der Waals surface area contributed by atoms with Crippen LogP contribution < -0.4 is 10.9 Å². The van der Waals surface area contributed by atoms with Crippen molar-refractivity contribution in [2.45, 2.75) is 0 Å². The summed E-state index contributed by atoms with van der Waals surface area (Å²) in [4.78, 5) is 11.9. The molecule has 1 aromatic heterocycles. The maximum atomic E-state index is 11.9. The van der Waals surface area contributed by atoms with Gasteiger partial charge >= 0.3 is 137 Å². The van der Waals surface area contributed by atoms with Crippen LogP contribution in [0.2, 0.25) is 0 Å². The topological polar surface area (TPSA) is 73.6 Å². The second-order valence-corrected chi connectivity index (χ2v) is 6.85. The van der Waals surface area contributed by atoms with Gasteiger partial charge in [0.15, 0.2) is 0 Å². The Morgan fingerprint density at radius 3 is 2.80 bits per heavy atom. The van der Waals surface area contributed by atoms with Crippen LogP contribution in [0.1, 0.15) is 0 Å². The van der Waals surface area contributed by atoms with E-state index in [-0.39, 0.29) is 5.56 Å². The zero-order chi connectivity index (χ0) is 14.7. The van der Waals surface area contributed by atoms with E-state index in [1.807, 2.05) is 24.3 Å². The van der Waals surface area contributed by atoms with Gasteiger partial charge in [-0.25, -0.2) is 0 Å². The molecule has 0 fully saturated rings. The van der Waals surface area contributed by atoms with E-state index in [9.17, 15) is 4.79 Å². The number of aromatic amines is 1. The summed E-state index contributed by atoms with van der Waals surface area (Å²) < 4.78 is 3.37. The fraction of sp³-hybridized carbons (Fsp3) is 0.0769. The van der Waals surface area contributed by atoms with Gasteiger partial charge in [-0.3, -0.25) is 0 Å². The second-order valence-electron chi connectivity index (χ2n) is 3.88. The quantitative estimate of drug-likeness (QED) is 0.523. The monoisotopic (exact) mass is 606 g/mol. The van der Waals surface area contributed by atoms with Crippen molar-refractivity contribution in [1.82, 2.24) is 15.1 Å². The van der Waals surface area contributed by atoms with E-state index < -0.39 is 0 Å². The van der Waals surface area contributed by atoms with Crippen molar-refractivity contribution in [3.63, 3.8) is 0 Å². The first-order valence-corrected chi connectivity index (χ1v) is 8.59. The molecule has 0 aliphatic rings. The zero-order valence-electron chi connectivity index (χ0n) is 10.5. The number of nitrogens with zero attached hydrogens (tertiary/aromatic N) is 2. The van der Waals surface area contributed by atoms with Crippen molar-refractivity contribution in [3.8, 4) is 6.07 Å². The van der Waals surface area contributed by atoms with Gasteiger partial charge in [0.25, 0.3) is 0 Å². The van der Waals surface area contributed by atoms with Gasteiger partial charge in [-0.05, 0) is 0 Å². The number of hydrogen-bond acceptors (Lipinski definition) is 3. The van der Waals surface area contributed by atoms with Gasteiger partial charge in [0.05, 0.1) is 0 Å². The molecular formula is C13H10N4OW2.